The van der Waals surface area contributed by atoms with Crippen molar-refractivity contribution in [1.29, 1.82) is 5.41 Å². The van der Waals surface area contributed by atoms with Crippen molar-refractivity contribution in [3.8, 4) is 0 Å². The minimum absolute atomic E-state index is 0.175. The second-order valence-corrected chi connectivity index (χ2v) is 3.93. The number of aliphatic carboxylic acids is 1. The fraction of sp³-hybridized carbons (Fsp3) is 0.667. The Balaban J connectivity index is 4.11. The molecular formula is C9H18ClN5O3. The van der Waals surface area contributed by atoms with E-state index < -0.39 is 24.0 Å². The zero-order chi connectivity index (χ0) is 14.1. The van der Waals surface area contributed by atoms with Crippen molar-refractivity contribution in [2.24, 2.45) is 5.73 Å². The number of guanidine groups is 1. The predicted molar refractivity (Wildman–Crippen MR) is 67.2 cm³/mol. The number of carboxylic acids is 1. The van der Waals surface area contributed by atoms with Gasteiger partial charge in [-0.3, -0.25) is 10.2 Å². The molecule has 0 saturated heterocycles. The number of hydrogen-bond acceptors (Lipinski definition) is 4. The first-order valence-electron chi connectivity index (χ1n) is 5.35. The number of halogens is 1. The van der Waals surface area contributed by atoms with E-state index in [9.17, 15) is 9.59 Å². The summed E-state index contributed by atoms with van der Waals surface area (Å²) in [5, 5.41) is 20.8. The third-order valence-corrected chi connectivity index (χ3v) is 2.48. The number of hydrogen-bond donors (Lipinski definition) is 6. The van der Waals surface area contributed by atoms with E-state index in [1.165, 1.54) is 6.92 Å². The van der Waals surface area contributed by atoms with Gasteiger partial charge in [0.25, 0.3) is 0 Å². The predicted octanol–water partition coefficient (Wildman–Crippen LogP) is -1.05. The van der Waals surface area contributed by atoms with Gasteiger partial charge in [0.1, 0.15) is 6.04 Å². The molecule has 0 saturated carbocycles. The smallest absolute Gasteiger partial charge is 0.326 e. The molecule has 0 aromatic heterocycles. The van der Waals surface area contributed by atoms with Crippen LogP contribution in [0.2, 0.25) is 0 Å². The molecular weight excluding hydrogens is 262 g/mol. The molecule has 0 aliphatic carbocycles. The van der Waals surface area contributed by atoms with E-state index in [2.05, 4.69) is 15.5 Å². The highest BCUT2D eigenvalue weighted by Gasteiger charge is 2.21. The molecule has 18 heavy (non-hydrogen) atoms. The molecule has 1 amide bonds. The summed E-state index contributed by atoms with van der Waals surface area (Å²) in [5.41, 5.74) is 5.07. The van der Waals surface area contributed by atoms with Gasteiger partial charge in [-0.05, 0) is 31.5 Å². The summed E-state index contributed by atoms with van der Waals surface area (Å²) in [5.74, 6) is -1.78. The van der Waals surface area contributed by atoms with E-state index >= 15 is 0 Å². The van der Waals surface area contributed by atoms with Crippen LogP contribution in [0.15, 0.2) is 0 Å². The number of carbonyl (C=O) groups excluding carboxylic acids is 1. The van der Waals surface area contributed by atoms with Gasteiger partial charge in [-0.2, -0.15) is 0 Å². The van der Waals surface area contributed by atoms with Crippen molar-refractivity contribution < 1.29 is 14.7 Å². The summed E-state index contributed by atoms with van der Waals surface area (Å²) in [7, 11) is 0. The number of amides is 1. The maximum atomic E-state index is 11.4. The van der Waals surface area contributed by atoms with Crippen LogP contribution < -0.4 is 21.2 Å². The van der Waals surface area contributed by atoms with Gasteiger partial charge in [-0.25, -0.2) is 9.63 Å². The van der Waals surface area contributed by atoms with Crippen LogP contribution in [0.5, 0.6) is 0 Å². The maximum absolute atomic E-state index is 11.4. The van der Waals surface area contributed by atoms with Crippen molar-refractivity contribution in [3.63, 3.8) is 0 Å². The highest BCUT2D eigenvalue weighted by molar-refractivity contribution is 6.15. The molecule has 0 aromatic carbocycles. The first-order valence-corrected chi connectivity index (χ1v) is 5.73. The average molecular weight is 280 g/mol. The van der Waals surface area contributed by atoms with Crippen LogP contribution in [-0.4, -0.2) is 41.6 Å². The third kappa shape index (κ3) is 6.92. The van der Waals surface area contributed by atoms with Gasteiger partial charge in [0, 0.05) is 6.54 Å². The molecule has 0 heterocycles. The Morgan fingerprint density at radius 1 is 1.50 bits per heavy atom. The summed E-state index contributed by atoms with van der Waals surface area (Å²) >= 11 is 5.27. The van der Waals surface area contributed by atoms with E-state index in [0.29, 0.717) is 13.0 Å². The Hall–Kier alpha value is -1.54. The lowest BCUT2D eigenvalue weighted by molar-refractivity contribution is -0.142. The first-order chi connectivity index (χ1) is 8.38. The number of nitrogens with one attached hydrogen (secondary N) is 4. The van der Waals surface area contributed by atoms with Gasteiger partial charge in [0.05, 0.1) is 6.04 Å². The van der Waals surface area contributed by atoms with Gasteiger partial charge in [-0.1, -0.05) is 0 Å². The minimum Gasteiger partial charge on any atom is -0.480 e. The highest BCUT2D eigenvalue weighted by Crippen LogP contribution is 1.98. The molecule has 0 rings (SSSR count). The van der Waals surface area contributed by atoms with E-state index in [-0.39, 0.29) is 12.4 Å². The monoisotopic (exact) mass is 279 g/mol. The molecule has 0 bridgehead atoms. The number of carboxylic acid groups (broad SMARTS) is 1. The molecule has 0 unspecified atom stereocenters. The van der Waals surface area contributed by atoms with Crippen molar-refractivity contribution in [1.82, 2.24) is 15.5 Å². The Morgan fingerprint density at radius 3 is 2.56 bits per heavy atom. The SMILES string of the molecule is C[C@H](NCl)C(=O)N[C@@H](CCCNC(=N)N)C(=O)O. The van der Waals surface area contributed by atoms with Crippen LogP contribution in [0, 0.1) is 5.41 Å². The summed E-state index contributed by atoms with van der Waals surface area (Å²) in [4.78, 5) is 24.6. The zero-order valence-corrected chi connectivity index (χ0v) is 10.8. The van der Waals surface area contributed by atoms with Crippen molar-refractivity contribution in [3.05, 3.63) is 0 Å². The summed E-state index contributed by atoms with van der Waals surface area (Å²) < 4.78 is 0. The number of rotatable bonds is 8. The fourth-order valence-corrected chi connectivity index (χ4v) is 1.23. The molecule has 0 spiro atoms. The Kier molecular flexibility index (Phi) is 7.81. The topological polar surface area (TPSA) is 140 Å². The zero-order valence-electron chi connectivity index (χ0n) is 10.00. The van der Waals surface area contributed by atoms with Crippen molar-refractivity contribution >= 4 is 29.6 Å². The molecule has 7 N–H and O–H groups in total. The first kappa shape index (κ1) is 16.5. The quantitative estimate of drug-likeness (QED) is 0.145. The Bertz CT molecular complexity index is 313. The van der Waals surface area contributed by atoms with Crippen LogP contribution in [-0.2, 0) is 9.59 Å². The maximum Gasteiger partial charge on any atom is 0.326 e. The van der Waals surface area contributed by atoms with E-state index in [0.717, 1.165) is 0 Å². The summed E-state index contributed by atoms with van der Waals surface area (Å²) in [6.07, 6.45) is 0.690. The van der Waals surface area contributed by atoms with Crippen LogP contribution in [0.25, 0.3) is 0 Å². The van der Waals surface area contributed by atoms with Crippen LogP contribution >= 0.6 is 11.8 Å². The Morgan fingerprint density at radius 2 is 2.11 bits per heavy atom. The molecule has 104 valence electrons. The lowest BCUT2D eigenvalue weighted by Crippen LogP contribution is -2.47. The molecule has 0 aliphatic heterocycles. The summed E-state index contributed by atoms with van der Waals surface area (Å²) in [6, 6.07) is -1.66. The molecule has 0 radical (unpaired) electrons. The van der Waals surface area contributed by atoms with Gasteiger partial charge < -0.3 is 21.5 Å². The number of nitrogens with two attached hydrogens (primary N) is 1. The van der Waals surface area contributed by atoms with E-state index in [1.54, 1.807) is 0 Å². The van der Waals surface area contributed by atoms with Crippen LogP contribution in [0.4, 0.5) is 0 Å². The lowest BCUT2D eigenvalue weighted by atomic mass is 10.1. The molecule has 9 heteroatoms. The molecule has 0 aromatic rings. The number of carbonyl (C=O) groups is 2. The van der Waals surface area contributed by atoms with Gasteiger partial charge in [-0.15, -0.1) is 0 Å². The molecule has 8 nitrogen and oxygen atoms in total. The highest BCUT2D eigenvalue weighted by atomic mass is 35.5. The molecule has 0 aliphatic rings. The third-order valence-electron chi connectivity index (χ3n) is 2.16. The van der Waals surface area contributed by atoms with Gasteiger partial charge in [0.15, 0.2) is 5.96 Å². The Labute approximate surface area is 110 Å². The van der Waals surface area contributed by atoms with E-state index in [1.807, 2.05) is 0 Å². The van der Waals surface area contributed by atoms with Gasteiger partial charge in [0.2, 0.25) is 5.91 Å². The average Bonchev–Trinajstić information content (AvgIpc) is 2.30. The second kappa shape index (κ2) is 8.54. The normalized spacial score (nSPS) is 13.4. The molecule has 0 fully saturated rings. The van der Waals surface area contributed by atoms with Crippen LogP contribution in [0.1, 0.15) is 19.8 Å². The largest absolute Gasteiger partial charge is 0.480 e. The van der Waals surface area contributed by atoms with Crippen LogP contribution in [0.3, 0.4) is 0 Å². The molecule has 2 atom stereocenters. The lowest BCUT2D eigenvalue weighted by Gasteiger charge is -2.17. The summed E-state index contributed by atoms with van der Waals surface area (Å²) in [6.45, 7) is 1.89. The second-order valence-electron chi connectivity index (χ2n) is 3.71. The fourth-order valence-electron chi connectivity index (χ4n) is 1.13. The van der Waals surface area contributed by atoms with Gasteiger partial charge >= 0.3 is 5.97 Å². The minimum atomic E-state index is -1.12. The van der Waals surface area contributed by atoms with Crippen molar-refractivity contribution in [2.75, 3.05) is 6.54 Å². The van der Waals surface area contributed by atoms with E-state index in [4.69, 9.17) is 28.0 Å². The van der Waals surface area contributed by atoms with Crippen molar-refractivity contribution in [2.45, 2.75) is 31.8 Å². The standard InChI is InChI=1S/C9H18ClN5O3/c1-5(15-10)7(16)14-6(8(17)18)3-2-4-13-9(11)12/h5-6,15H,2-4H2,1H3,(H,14,16)(H,17,18)(H4,11,12,13)/t5-,6-/m0/s1.